The maximum Gasteiger partial charge on any atom is 0.306 e. The maximum absolute atomic E-state index is 12.9. The van der Waals surface area contributed by atoms with E-state index in [0.29, 0.717) is 29.9 Å². The normalized spacial score (nSPS) is 11.1. The van der Waals surface area contributed by atoms with Crippen LogP contribution in [0.2, 0.25) is 0 Å². The Morgan fingerprint density at radius 3 is 2.54 bits per heavy atom. The van der Waals surface area contributed by atoms with E-state index in [1.165, 1.54) is 10.1 Å². The SMILES string of the molecule is CCOC(=O)CCc1c(C)nc2c(C)c(-c3ccc(C)cc3)[nH]n2c1=O. The Morgan fingerprint density at radius 2 is 1.88 bits per heavy atom. The second kappa shape index (κ2) is 7.15. The van der Waals surface area contributed by atoms with Gasteiger partial charge in [-0.3, -0.25) is 14.7 Å². The van der Waals surface area contributed by atoms with Gasteiger partial charge in [-0.1, -0.05) is 29.8 Å². The van der Waals surface area contributed by atoms with Crippen molar-refractivity contribution in [3.63, 3.8) is 0 Å². The molecule has 0 unspecified atom stereocenters. The number of rotatable bonds is 5. The van der Waals surface area contributed by atoms with Gasteiger partial charge in [-0.15, -0.1) is 0 Å². The second-order valence-corrected chi connectivity index (χ2v) is 6.42. The fourth-order valence-corrected chi connectivity index (χ4v) is 3.07. The van der Waals surface area contributed by atoms with E-state index in [9.17, 15) is 9.59 Å². The first-order valence-corrected chi connectivity index (χ1v) is 8.75. The van der Waals surface area contributed by atoms with Crippen LogP contribution in [-0.2, 0) is 16.0 Å². The fourth-order valence-electron chi connectivity index (χ4n) is 3.07. The number of hydrogen-bond donors (Lipinski definition) is 1. The molecule has 1 N–H and O–H groups in total. The van der Waals surface area contributed by atoms with E-state index in [4.69, 9.17) is 4.74 Å². The van der Waals surface area contributed by atoms with E-state index in [1.54, 1.807) is 13.8 Å². The molecule has 0 radical (unpaired) electrons. The monoisotopic (exact) mass is 353 g/mol. The minimum absolute atomic E-state index is 0.168. The van der Waals surface area contributed by atoms with Gasteiger partial charge in [0.15, 0.2) is 5.65 Å². The van der Waals surface area contributed by atoms with E-state index >= 15 is 0 Å². The second-order valence-electron chi connectivity index (χ2n) is 6.42. The van der Waals surface area contributed by atoms with Crippen LogP contribution in [-0.4, -0.2) is 27.2 Å². The lowest BCUT2D eigenvalue weighted by molar-refractivity contribution is -0.143. The summed E-state index contributed by atoms with van der Waals surface area (Å²) in [5.74, 6) is -0.306. The van der Waals surface area contributed by atoms with Gasteiger partial charge in [-0.2, -0.15) is 0 Å². The quantitative estimate of drug-likeness (QED) is 0.715. The lowest BCUT2D eigenvalue weighted by Gasteiger charge is -2.05. The van der Waals surface area contributed by atoms with Crippen LogP contribution >= 0.6 is 0 Å². The summed E-state index contributed by atoms with van der Waals surface area (Å²) in [5, 5.41) is 3.17. The highest BCUT2D eigenvalue weighted by molar-refractivity contribution is 5.71. The summed E-state index contributed by atoms with van der Waals surface area (Å²) >= 11 is 0. The van der Waals surface area contributed by atoms with Crippen molar-refractivity contribution in [2.45, 2.75) is 40.5 Å². The highest BCUT2D eigenvalue weighted by Crippen LogP contribution is 2.24. The van der Waals surface area contributed by atoms with Crippen LogP contribution in [0.15, 0.2) is 29.1 Å². The van der Waals surface area contributed by atoms with Crippen LogP contribution < -0.4 is 5.56 Å². The summed E-state index contributed by atoms with van der Waals surface area (Å²) in [6, 6.07) is 8.11. The molecule has 6 heteroatoms. The van der Waals surface area contributed by atoms with Crippen molar-refractivity contribution >= 4 is 11.6 Å². The fraction of sp³-hybridized carbons (Fsp3) is 0.350. The van der Waals surface area contributed by atoms with Crippen molar-refractivity contribution in [2.24, 2.45) is 0 Å². The number of carbonyl (C=O) groups excluding carboxylic acids is 1. The largest absolute Gasteiger partial charge is 0.466 e. The van der Waals surface area contributed by atoms with Crippen molar-refractivity contribution < 1.29 is 9.53 Å². The lowest BCUT2D eigenvalue weighted by atomic mass is 10.1. The highest BCUT2D eigenvalue weighted by atomic mass is 16.5. The molecular weight excluding hydrogens is 330 g/mol. The Balaban J connectivity index is 2.05. The molecule has 0 spiro atoms. The molecule has 136 valence electrons. The third kappa shape index (κ3) is 3.27. The third-order valence-electron chi connectivity index (χ3n) is 4.54. The number of H-pyrrole nitrogens is 1. The summed E-state index contributed by atoms with van der Waals surface area (Å²) in [4.78, 5) is 29.1. The molecule has 0 saturated carbocycles. The maximum atomic E-state index is 12.9. The number of esters is 1. The third-order valence-corrected chi connectivity index (χ3v) is 4.54. The van der Waals surface area contributed by atoms with Crippen molar-refractivity contribution in [3.8, 4) is 11.3 Å². The average molecular weight is 353 g/mol. The van der Waals surface area contributed by atoms with Crippen molar-refractivity contribution in [2.75, 3.05) is 6.61 Å². The number of fused-ring (bicyclic) bond motifs is 1. The van der Waals surface area contributed by atoms with Crippen molar-refractivity contribution in [1.29, 1.82) is 0 Å². The Bertz CT molecular complexity index is 1010. The number of aromatic amines is 1. The Labute approximate surface area is 151 Å². The van der Waals surface area contributed by atoms with Crippen LogP contribution in [0.3, 0.4) is 0 Å². The van der Waals surface area contributed by atoms with E-state index in [2.05, 4.69) is 10.1 Å². The van der Waals surface area contributed by atoms with E-state index < -0.39 is 0 Å². The Morgan fingerprint density at radius 1 is 1.19 bits per heavy atom. The number of hydrogen-bond acceptors (Lipinski definition) is 4. The molecule has 2 aromatic heterocycles. The van der Waals surface area contributed by atoms with Gasteiger partial charge in [-0.05, 0) is 39.7 Å². The molecule has 3 aromatic rings. The lowest BCUT2D eigenvalue weighted by Crippen LogP contribution is -2.23. The van der Waals surface area contributed by atoms with E-state index in [0.717, 1.165) is 16.8 Å². The molecule has 6 nitrogen and oxygen atoms in total. The molecular formula is C20H23N3O3. The van der Waals surface area contributed by atoms with Gasteiger partial charge in [0.25, 0.3) is 5.56 Å². The number of benzene rings is 1. The predicted molar refractivity (Wildman–Crippen MR) is 100 cm³/mol. The number of nitrogens with one attached hydrogen (secondary N) is 1. The van der Waals surface area contributed by atoms with Crippen molar-refractivity contribution in [3.05, 3.63) is 57.0 Å². The van der Waals surface area contributed by atoms with Gasteiger partial charge in [-0.25, -0.2) is 9.50 Å². The van der Waals surface area contributed by atoms with Crippen LogP contribution in [0.5, 0.6) is 0 Å². The zero-order chi connectivity index (χ0) is 18.8. The number of nitrogens with zero attached hydrogens (tertiary/aromatic N) is 2. The van der Waals surface area contributed by atoms with Crippen LogP contribution in [0.4, 0.5) is 0 Å². The number of ether oxygens (including phenoxy) is 1. The van der Waals surface area contributed by atoms with Crippen molar-refractivity contribution in [1.82, 2.24) is 14.6 Å². The van der Waals surface area contributed by atoms with Gasteiger partial charge in [0.05, 0.1) is 12.3 Å². The first kappa shape index (κ1) is 17.9. The Hall–Kier alpha value is -2.89. The van der Waals surface area contributed by atoms with E-state index in [1.807, 2.05) is 38.1 Å². The predicted octanol–water partition coefficient (Wildman–Crippen LogP) is 3.11. The number of aromatic nitrogens is 3. The minimum Gasteiger partial charge on any atom is -0.466 e. The standard InChI is InChI=1S/C20H23N3O3/c1-5-26-17(24)11-10-16-14(4)21-19-13(3)18(22-23(19)20(16)25)15-8-6-12(2)7-9-15/h6-9,22H,5,10-11H2,1-4H3. The smallest absolute Gasteiger partial charge is 0.306 e. The summed E-state index contributed by atoms with van der Waals surface area (Å²) in [5.41, 5.74) is 5.60. The molecule has 0 saturated heterocycles. The number of aryl methyl sites for hydroxylation is 3. The van der Waals surface area contributed by atoms with Gasteiger partial charge in [0, 0.05) is 23.2 Å². The molecule has 0 amide bonds. The first-order chi connectivity index (χ1) is 12.4. The zero-order valence-corrected chi connectivity index (χ0v) is 15.5. The topological polar surface area (TPSA) is 76.5 Å². The summed E-state index contributed by atoms with van der Waals surface area (Å²) in [6.07, 6.45) is 0.486. The summed E-state index contributed by atoms with van der Waals surface area (Å²) in [7, 11) is 0. The summed E-state index contributed by atoms with van der Waals surface area (Å²) in [6.45, 7) is 7.89. The van der Waals surface area contributed by atoms with E-state index in [-0.39, 0.29) is 17.9 Å². The van der Waals surface area contributed by atoms with Crippen LogP contribution in [0.1, 0.15) is 35.7 Å². The minimum atomic E-state index is -0.306. The highest BCUT2D eigenvalue weighted by Gasteiger charge is 2.17. The molecule has 0 fully saturated rings. The molecule has 0 aliphatic carbocycles. The molecule has 0 atom stereocenters. The molecule has 2 heterocycles. The molecule has 26 heavy (non-hydrogen) atoms. The summed E-state index contributed by atoms with van der Waals surface area (Å²) < 4.78 is 6.42. The van der Waals surface area contributed by atoms with Gasteiger partial charge < -0.3 is 4.74 Å². The van der Waals surface area contributed by atoms with Crippen LogP contribution in [0.25, 0.3) is 16.9 Å². The molecule has 0 aliphatic heterocycles. The van der Waals surface area contributed by atoms with Gasteiger partial charge >= 0.3 is 5.97 Å². The van der Waals surface area contributed by atoms with Gasteiger partial charge in [0.2, 0.25) is 0 Å². The number of carbonyl (C=O) groups is 1. The average Bonchev–Trinajstić information content (AvgIpc) is 2.93. The first-order valence-electron chi connectivity index (χ1n) is 8.75. The van der Waals surface area contributed by atoms with Gasteiger partial charge in [0.1, 0.15) is 0 Å². The molecule has 0 aliphatic rings. The Kier molecular flexibility index (Phi) is 4.93. The molecule has 3 rings (SSSR count). The molecule has 0 bridgehead atoms. The molecule has 1 aromatic carbocycles. The van der Waals surface area contributed by atoms with Crippen LogP contribution in [0, 0.1) is 20.8 Å². The zero-order valence-electron chi connectivity index (χ0n) is 15.5.